The molecule has 0 aromatic carbocycles. The molecule has 1 aromatic heterocycles. The summed E-state index contributed by atoms with van der Waals surface area (Å²) in [6.45, 7) is 3.83. The average Bonchev–Trinajstić information content (AvgIpc) is 2.27. The van der Waals surface area contributed by atoms with E-state index in [4.69, 9.17) is 11.6 Å². The third-order valence-corrected chi connectivity index (χ3v) is 4.03. The van der Waals surface area contributed by atoms with Crippen LogP contribution in [-0.2, 0) is 10.0 Å². The molecule has 0 fully saturated rings. The van der Waals surface area contributed by atoms with Crippen molar-refractivity contribution >= 4 is 21.6 Å². The number of aromatic nitrogens is 1. The normalized spacial score (nSPS) is 14.0. The van der Waals surface area contributed by atoms with Crippen LogP contribution >= 0.6 is 11.6 Å². The van der Waals surface area contributed by atoms with E-state index in [2.05, 4.69) is 9.71 Å². The maximum atomic E-state index is 11.9. The monoisotopic (exact) mass is 262 g/mol. The van der Waals surface area contributed by atoms with Gasteiger partial charge in [-0.3, -0.25) is 4.98 Å². The summed E-state index contributed by atoms with van der Waals surface area (Å²) in [6, 6.07) is 2.81. The average molecular weight is 263 g/mol. The van der Waals surface area contributed by atoms with Crippen LogP contribution in [0.3, 0.4) is 0 Å². The predicted octanol–water partition coefficient (Wildman–Crippen LogP) is 1.62. The summed E-state index contributed by atoms with van der Waals surface area (Å²) in [5, 5.41) is 0. The van der Waals surface area contributed by atoms with E-state index in [1.165, 1.54) is 18.5 Å². The van der Waals surface area contributed by atoms with E-state index in [0.717, 1.165) is 0 Å². The van der Waals surface area contributed by atoms with Crippen LogP contribution in [0.1, 0.15) is 13.8 Å². The van der Waals surface area contributed by atoms with Crippen LogP contribution in [0.15, 0.2) is 29.4 Å². The lowest BCUT2D eigenvalue weighted by Crippen LogP contribution is -2.39. The Morgan fingerprint density at radius 1 is 1.50 bits per heavy atom. The summed E-state index contributed by atoms with van der Waals surface area (Å²) in [5.41, 5.74) is 0. The Bertz CT molecular complexity index is 420. The number of pyridine rings is 1. The summed E-state index contributed by atoms with van der Waals surface area (Å²) >= 11 is 5.71. The molecule has 1 atom stereocenters. The molecule has 16 heavy (non-hydrogen) atoms. The highest BCUT2D eigenvalue weighted by molar-refractivity contribution is 7.89. The summed E-state index contributed by atoms with van der Waals surface area (Å²) in [7, 11) is -3.51. The standard InChI is InChI=1S/C10H15ClN2O2S/c1-8(2)10(6-11)13-16(14,15)9-4-3-5-12-7-9/h3-5,7-8,10,13H,6H2,1-2H3. The molecule has 0 aliphatic carbocycles. The molecule has 1 heterocycles. The fourth-order valence-corrected chi connectivity index (χ4v) is 2.99. The first-order valence-corrected chi connectivity index (χ1v) is 6.97. The van der Waals surface area contributed by atoms with Crippen LogP contribution in [0.25, 0.3) is 0 Å². The quantitative estimate of drug-likeness (QED) is 0.821. The second-order valence-corrected chi connectivity index (χ2v) is 5.84. The first-order chi connectivity index (χ1) is 7.47. The third-order valence-electron chi connectivity index (χ3n) is 2.22. The molecule has 0 aliphatic rings. The van der Waals surface area contributed by atoms with Crippen LogP contribution in [0.4, 0.5) is 0 Å². The van der Waals surface area contributed by atoms with Crippen molar-refractivity contribution in [3.8, 4) is 0 Å². The van der Waals surface area contributed by atoms with E-state index >= 15 is 0 Å². The lowest BCUT2D eigenvalue weighted by atomic mass is 10.1. The van der Waals surface area contributed by atoms with Gasteiger partial charge in [0.25, 0.3) is 0 Å². The minimum absolute atomic E-state index is 0.143. The van der Waals surface area contributed by atoms with Crippen LogP contribution in [-0.4, -0.2) is 25.3 Å². The van der Waals surface area contributed by atoms with Crippen molar-refractivity contribution < 1.29 is 8.42 Å². The molecule has 0 saturated carbocycles. The SMILES string of the molecule is CC(C)C(CCl)NS(=O)(=O)c1cccnc1. The largest absolute Gasteiger partial charge is 0.263 e. The number of halogens is 1. The second-order valence-electron chi connectivity index (χ2n) is 3.81. The van der Waals surface area contributed by atoms with Crippen molar-refractivity contribution in [3.63, 3.8) is 0 Å². The summed E-state index contributed by atoms with van der Waals surface area (Å²) in [4.78, 5) is 3.93. The van der Waals surface area contributed by atoms with Gasteiger partial charge in [0.2, 0.25) is 10.0 Å². The smallest absolute Gasteiger partial charge is 0.242 e. The van der Waals surface area contributed by atoms with Crippen molar-refractivity contribution in [2.45, 2.75) is 24.8 Å². The van der Waals surface area contributed by atoms with E-state index < -0.39 is 10.0 Å². The molecule has 1 aromatic rings. The third kappa shape index (κ3) is 3.43. The predicted molar refractivity (Wildman–Crippen MR) is 63.9 cm³/mol. The lowest BCUT2D eigenvalue weighted by molar-refractivity contribution is 0.480. The molecule has 0 spiro atoms. The van der Waals surface area contributed by atoms with Gasteiger partial charge in [-0.05, 0) is 18.1 Å². The van der Waals surface area contributed by atoms with Gasteiger partial charge in [-0.2, -0.15) is 0 Å². The highest BCUT2D eigenvalue weighted by atomic mass is 35.5. The van der Waals surface area contributed by atoms with E-state index in [1.807, 2.05) is 13.8 Å². The van der Waals surface area contributed by atoms with Crippen molar-refractivity contribution in [1.29, 1.82) is 0 Å². The fourth-order valence-electron chi connectivity index (χ4n) is 1.12. The summed E-state index contributed by atoms with van der Waals surface area (Å²) in [5.74, 6) is 0.390. The summed E-state index contributed by atoms with van der Waals surface area (Å²) < 4.78 is 26.4. The van der Waals surface area contributed by atoms with Gasteiger partial charge in [-0.25, -0.2) is 13.1 Å². The van der Waals surface area contributed by atoms with Gasteiger partial charge in [0.15, 0.2) is 0 Å². The molecular weight excluding hydrogens is 248 g/mol. The van der Waals surface area contributed by atoms with Gasteiger partial charge in [0.05, 0.1) is 0 Å². The molecule has 90 valence electrons. The van der Waals surface area contributed by atoms with Gasteiger partial charge >= 0.3 is 0 Å². The van der Waals surface area contributed by atoms with Crippen molar-refractivity contribution in [1.82, 2.24) is 9.71 Å². The van der Waals surface area contributed by atoms with Gasteiger partial charge in [-0.1, -0.05) is 13.8 Å². The molecule has 0 aliphatic heterocycles. The molecule has 0 bridgehead atoms. The first kappa shape index (κ1) is 13.4. The molecule has 1 N–H and O–H groups in total. The van der Waals surface area contributed by atoms with Crippen molar-refractivity contribution in [3.05, 3.63) is 24.5 Å². The Kier molecular flexibility index (Phi) is 4.70. The van der Waals surface area contributed by atoms with Crippen LogP contribution in [0.2, 0.25) is 0 Å². The Morgan fingerprint density at radius 3 is 2.62 bits per heavy atom. The molecule has 0 amide bonds. The second kappa shape index (κ2) is 5.61. The maximum Gasteiger partial charge on any atom is 0.242 e. The Morgan fingerprint density at radius 2 is 2.19 bits per heavy atom. The lowest BCUT2D eigenvalue weighted by Gasteiger charge is -2.19. The number of hydrogen-bond donors (Lipinski definition) is 1. The molecular formula is C10H15ClN2O2S. The summed E-state index contributed by atoms with van der Waals surface area (Å²) in [6.07, 6.45) is 2.84. The minimum atomic E-state index is -3.51. The van der Waals surface area contributed by atoms with Gasteiger partial charge in [0, 0.05) is 24.3 Å². The van der Waals surface area contributed by atoms with Crippen LogP contribution in [0, 0.1) is 5.92 Å². The zero-order valence-electron chi connectivity index (χ0n) is 9.22. The number of rotatable bonds is 5. The zero-order chi connectivity index (χ0) is 12.2. The highest BCUT2D eigenvalue weighted by Crippen LogP contribution is 2.11. The van der Waals surface area contributed by atoms with Crippen LogP contribution < -0.4 is 4.72 Å². The first-order valence-electron chi connectivity index (χ1n) is 4.95. The number of hydrogen-bond acceptors (Lipinski definition) is 3. The van der Waals surface area contributed by atoms with Gasteiger partial charge in [-0.15, -0.1) is 11.6 Å². The van der Waals surface area contributed by atoms with E-state index in [9.17, 15) is 8.42 Å². The zero-order valence-corrected chi connectivity index (χ0v) is 10.8. The van der Waals surface area contributed by atoms with Crippen molar-refractivity contribution in [2.75, 3.05) is 5.88 Å². The van der Waals surface area contributed by atoms with Gasteiger partial charge in [0.1, 0.15) is 4.90 Å². The minimum Gasteiger partial charge on any atom is -0.263 e. The fraction of sp³-hybridized carbons (Fsp3) is 0.500. The number of alkyl halides is 1. The number of nitrogens with one attached hydrogen (secondary N) is 1. The van der Waals surface area contributed by atoms with E-state index in [0.29, 0.717) is 0 Å². The number of sulfonamides is 1. The molecule has 4 nitrogen and oxygen atoms in total. The highest BCUT2D eigenvalue weighted by Gasteiger charge is 2.21. The number of nitrogens with zero attached hydrogens (tertiary/aromatic N) is 1. The van der Waals surface area contributed by atoms with Gasteiger partial charge < -0.3 is 0 Å². The van der Waals surface area contributed by atoms with Crippen molar-refractivity contribution in [2.24, 2.45) is 5.92 Å². The van der Waals surface area contributed by atoms with Crippen LogP contribution in [0.5, 0.6) is 0 Å². The molecule has 1 unspecified atom stereocenters. The Balaban J connectivity index is 2.88. The molecule has 0 radical (unpaired) electrons. The Labute approximate surface area is 101 Å². The Hall–Kier alpha value is -0.650. The van der Waals surface area contributed by atoms with E-state index in [1.54, 1.807) is 6.07 Å². The molecule has 6 heteroatoms. The topological polar surface area (TPSA) is 59.1 Å². The van der Waals surface area contributed by atoms with E-state index in [-0.39, 0.29) is 22.7 Å². The molecule has 0 saturated heterocycles. The molecule has 1 rings (SSSR count). The maximum absolute atomic E-state index is 11.9.